The lowest BCUT2D eigenvalue weighted by molar-refractivity contribution is -0.137. The van der Waals surface area contributed by atoms with E-state index in [2.05, 4.69) is 4.99 Å². The number of benzene rings is 2. The summed E-state index contributed by atoms with van der Waals surface area (Å²) in [6.07, 6.45) is -1.63. The maximum absolute atomic E-state index is 12.5. The number of aliphatic imine (C=N–C) groups is 1. The van der Waals surface area contributed by atoms with E-state index < -0.39 is 11.7 Å². The predicted octanol–water partition coefficient (Wildman–Crippen LogP) is 5.13. The van der Waals surface area contributed by atoms with Crippen LogP contribution in [0.1, 0.15) is 30.0 Å². The minimum absolute atomic E-state index is 0.211. The van der Waals surface area contributed by atoms with E-state index in [9.17, 15) is 13.2 Å². The average Bonchev–Trinajstić information content (AvgIpc) is 2.63. The fourth-order valence-electron chi connectivity index (χ4n) is 2.18. The second-order valence-corrected chi connectivity index (χ2v) is 5.64. The lowest BCUT2D eigenvalue weighted by Gasteiger charge is -2.09. The summed E-state index contributed by atoms with van der Waals surface area (Å²) in [6.45, 7) is 4.32. The van der Waals surface area contributed by atoms with Crippen LogP contribution in [-0.4, -0.2) is 26.0 Å². The second kappa shape index (κ2) is 9.97. The highest BCUT2D eigenvalue weighted by Gasteiger charge is 2.29. The van der Waals surface area contributed by atoms with Gasteiger partial charge in [-0.3, -0.25) is 4.99 Å². The first-order valence-corrected chi connectivity index (χ1v) is 8.45. The number of rotatable bonds is 9. The van der Waals surface area contributed by atoms with Crippen LogP contribution in [0.2, 0.25) is 0 Å². The Morgan fingerprint density at radius 1 is 1.00 bits per heavy atom. The molecule has 2 aromatic rings. The van der Waals surface area contributed by atoms with Crippen LogP contribution in [0.5, 0.6) is 5.75 Å². The van der Waals surface area contributed by atoms with E-state index in [0.29, 0.717) is 24.5 Å². The molecule has 0 aromatic heterocycles. The molecule has 0 saturated heterocycles. The van der Waals surface area contributed by atoms with Crippen molar-refractivity contribution in [3.8, 4) is 5.75 Å². The lowest BCUT2D eigenvalue weighted by atomic mass is 10.1. The van der Waals surface area contributed by atoms with Crippen LogP contribution in [0.4, 0.5) is 13.2 Å². The van der Waals surface area contributed by atoms with Crippen LogP contribution in [0.15, 0.2) is 53.5 Å². The first-order chi connectivity index (χ1) is 12.5. The molecule has 140 valence electrons. The smallest absolute Gasteiger partial charge is 0.416 e. The van der Waals surface area contributed by atoms with E-state index in [0.717, 1.165) is 30.7 Å². The van der Waals surface area contributed by atoms with Crippen LogP contribution in [0, 0.1) is 0 Å². The third kappa shape index (κ3) is 6.88. The fraction of sp³-hybridized carbons (Fsp3) is 0.350. The van der Waals surface area contributed by atoms with Gasteiger partial charge in [0.1, 0.15) is 12.4 Å². The summed E-state index contributed by atoms with van der Waals surface area (Å²) in [7, 11) is 0. The van der Waals surface area contributed by atoms with Gasteiger partial charge in [-0.15, -0.1) is 0 Å². The van der Waals surface area contributed by atoms with Crippen molar-refractivity contribution in [2.75, 3.05) is 19.8 Å². The number of ether oxygens (including phenoxy) is 2. The van der Waals surface area contributed by atoms with Crippen molar-refractivity contribution in [1.82, 2.24) is 0 Å². The van der Waals surface area contributed by atoms with Gasteiger partial charge in [-0.05, 0) is 60.9 Å². The molecule has 0 saturated carbocycles. The third-order valence-corrected chi connectivity index (χ3v) is 3.59. The zero-order valence-electron chi connectivity index (χ0n) is 14.6. The highest BCUT2D eigenvalue weighted by Crippen LogP contribution is 2.29. The third-order valence-electron chi connectivity index (χ3n) is 3.59. The number of halogens is 3. The zero-order chi connectivity index (χ0) is 18.8. The van der Waals surface area contributed by atoms with Crippen molar-refractivity contribution in [1.29, 1.82) is 0 Å². The SMILES string of the molecule is CCOCCC/N=C/c1ccc(OCc2ccc(C(F)(F)F)cc2)cc1. The molecule has 0 unspecified atom stereocenters. The molecule has 0 bridgehead atoms. The number of hydrogen-bond donors (Lipinski definition) is 0. The van der Waals surface area contributed by atoms with Crippen LogP contribution in [-0.2, 0) is 17.5 Å². The van der Waals surface area contributed by atoms with Crippen molar-refractivity contribution < 1.29 is 22.6 Å². The largest absolute Gasteiger partial charge is 0.489 e. The van der Waals surface area contributed by atoms with E-state index >= 15 is 0 Å². The molecule has 0 aliphatic rings. The molecule has 0 aliphatic heterocycles. The average molecular weight is 365 g/mol. The van der Waals surface area contributed by atoms with Gasteiger partial charge in [-0.1, -0.05) is 12.1 Å². The van der Waals surface area contributed by atoms with Gasteiger partial charge in [0, 0.05) is 26.0 Å². The maximum Gasteiger partial charge on any atom is 0.416 e. The van der Waals surface area contributed by atoms with Gasteiger partial charge < -0.3 is 9.47 Å². The van der Waals surface area contributed by atoms with E-state index in [1.807, 2.05) is 31.2 Å². The van der Waals surface area contributed by atoms with Crippen molar-refractivity contribution in [3.63, 3.8) is 0 Å². The highest BCUT2D eigenvalue weighted by molar-refractivity contribution is 5.79. The number of hydrogen-bond acceptors (Lipinski definition) is 3. The summed E-state index contributed by atoms with van der Waals surface area (Å²) in [5.41, 5.74) is 0.979. The minimum Gasteiger partial charge on any atom is -0.489 e. The van der Waals surface area contributed by atoms with E-state index in [4.69, 9.17) is 9.47 Å². The number of nitrogens with zero attached hydrogens (tertiary/aromatic N) is 1. The maximum atomic E-state index is 12.5. The first kappa shape index (κ1) is 20.0. The molecule has 0 spiro atoms. The summed E-state index contributed by atoms with van der Waals surface area (Å²) in [6, 6.07) is 12.4. The Bertz CT molecular complexity index is 680. The summed E-state index contributed by atoms with van der Waals surface area (Å²) in [5, 5.41) is 0. The van der Waals surface area contributed by atoms with Crippen LogP contribution in [0.25, 0.3) is 0 Å². The van der Waals surface area contributed by atoms with Crippen LogP contribution < -0.4 is 4.74 Å². The fourth-order valence-corrected chi connectivity index (χ4v) is 2.18. The highest BCUT2D eigenvalue weighted by atomic mass is 19.4. The standard InChI is InChI=1S/C20H22F3NO2/c1-2-25-13-3-12-24-14-16-6-10-19(11-7-16)26-15-17-4-8-18(9-5-17)20(21,22)23/h4-11,14H,2-3,12-13,15H2,1H3/b24-14+. The van der Waals surface area contributed by atoms with Gasteiger partial charge in [-0.25, -0.2) is 0 Å². The van der Waals surface area contributed by atoms with E-state index in [1.165, 1.54) is 12.1 Å². The number of alkyl halides is 3. The molecule has 0 fully saturated rings. The Kier molecular flexibility index (Phi) is 7.66. The van der Waals surface area contributed by atoms with E-state index in [-0.39, 0.29) is 6.61 Å². The Labute approximate surface area is 151 Å². The Morgan fingerprint density at radius 3 is 2.31 bits per heavy atom. The predicted molar refractivity (Wildman–Crippen MR) is 95.8 cm³/mol. The molecule has 0 radical (unpaired) electrons. The molecule has 6 heteroatoms. The zero-order valence-corrected chi connectivity index (χ0v) is 14.6. The summed E-state index contributed by atoms with van der Waals surface area (Å²) >= 11 is 0. The van der Waals surface area contributed by atoms with Gasteiger partial charge in [0.05, 0.1) is 5.56 Å². The second-order valence-electron chi connectivity index (χ2n) is 5.64. The summed E-state index contributed by atoms with van der Waals surface area (Å²) in [5.74, 6) is 0.651. The van der Waals surface area contributed by atoms with E-state index in [1.54, 1.807) is 6.21 Å². The van der Waals surface area contributed by atoms with Crippen molar-refractivity contribution in [3.05, 3.63) is 65.2 Å². The Hall–Kier alpha value is -2.34. The molecule has 3 nitrogen and oxygen atoms in total. The molecular formula is C20H22F3NO2. The molecular weight excluding hydrogens is 343 g/mol. The molecule has 2 rings (SSSR count). The summed E-state index contributed by atoms with van der Waals surface area (Å²) < 4.78 is 48.4. The lowest BCUT2D eigenvalue weighted by Crippen LogP contribution is -2.05. The molecule has 2 aromatic carbocycles. The van der Waals surface area contributed by atoms with Crippen molar-refractivity contribution in [2.24, 2.45) is 4.99 Å². The monoisotopic (exact) mass is 365 g/mol. The van der Waals surface area contributed by atoms with Gasteiger partial charge in [-0.2, -0.15) is 13.2 Å². The van der Waals surface area contributed by atoms with Gasteiger partial charge in [0.25, 0.3) is 0 Å². The Balaban J connectivity index is 1.79. The normalized spacial score (nSPS) is 11.8. The summed E-state index contributed by atoms with van der Waals surface area (Å²) in [4.78, 5) is 4.33. The molecule has 0 atom stereocenters. The van der Waals surface area contributed by atoms with Crippen LogP contribution in [0.3, 0.4) is 0 Å². The van der Waals surface area contributed by atoms with Crippen LogP contribution >= 0.6 is 0 Å². The molecule has 26 heavy (non-hydrogen) atoms. The topological polar surface area (TPSA) is 30.8 Å². The quantitative estimate of drug-likeness (QED) is 0.456. The van der Waals surface area contributed by atoms with Gasteiger partial charge >= 0.3 is 6.18 Å². The van der Waals surface area contributed by atoms with Crippen molar-refractivity contribution >= 4 is 6.21 Å². The minimum atomic E-state index is -4.32. The molecule has 0 heterocycles. The molecule has 0 amide bonds. The van der Waals surface area contributed by atoms with Crippen molar-refractivity contribution in [2.45, 2.75) is 26.1 Å². The molecule has 0 aliphatic carbocycles. The van der Waals surface area contributed by atoms with Gasteiger partial charge in [0.2, 0.25) is 0 Å². The Morgan fingerprint density at radius 2 is 1.69 bits per heavy atom. The van der Waals surface area contributed by atoms with Gasteiger partial charge in [0.15, 0.2) is 0 Å². The first-order valence-electron chi connectivity index (χ1n) is 8.45. The molecule has 0 N–H and O–H groups in total.